The summed E-state index contributed by atoms with van der Waals surface area (Å²) in [6.07, 6.45) is 1.18. The minimum absolute atomic E-state index is 1.14. The summed E-state index contributed by atoms with van der Waals surface area (Å²) in [5.74, 6) is 0. The lowest BCUT2D eigenvalue weighted by Gasteiger charge is -2.27. The van der Waals surface area contributed by atoms with Crippen molar-refractivity contribution in [1.82, 2.24) is 10.2 Å². The van der Waals surface area contributed by atoms with Crippen LogP contribution in [0.5, 0.6) is 0 Å². The fourth-order valence-electron chi connectivity index (χ4n) is 2.49. The number of hydrogen-bond donors (Lipinski definition) is 1. The van der Waals surface area contributed by atoms with E-state index in [0.29, 0.717) is 0 Å². The molecule has 0 saturated carbocycles. The van der Waals surface area contributed by atoms with E-state index < -0.39 is 0 Å². The van der Waals surface area contributed by atoms with Crippen LogP contribution in [0.25, 0.3) is 0 Å². The average Bonchev–Trinajstić information content (AvgIpc) is 2.34. The molecule has 17 heavy (non-hydrogen) atoms. The number of benzene rings is 1. The zero-order valence-corrected chi connectivity index (χ0v) is 11.3. The molecule has 94 valence electrons. The number of hydrogen-bond acceptors (Lipinski definition) is 2. The second-order valence-corrected chi connectivity index (χ2v) is 5.20. The molecule has 2 heteroatoms. The van der Waals surface area contributed by atoms with Gasteiger partial charge in [0.1, 0.15) is 0 Å². The predicted molar refractivity (Wildman–Crippen MR) is 73.7 cm³/mol. The van der Waals surface area contributed by atoms with E-state index in [2.05, 4.69) is 43.1 Å². The van der Waals surface area contributed by atoms with E-state index in [9.17, 15) is 0 Å². The van der Waals surface area contributed by atoms with Crippen LogP contribution >= 0.6 is 0 Å². The highest BCUT2D eigenvalue weighted by Gasteiger charge is 2.09. The van der Waals surface area contributed by atoms with Crippen LogP contribution in [-0.2, 0) is 6.42 Å². The third-order valence-corrected chi connectivity index (χ3v) is 3.91. The van der Waals surface area contributed by atoms with Crippen molar-refractivity contribution < 1.29 is 0 Å². The summed E-state index contributed by atoms with van der Waals surface area (Å²) < 4.78 is 0. The molecule has 1 aromatic rings. The second kappa shape index (κ2) is 5.65. The number of nitrogens with zero attached hydrogens (tertiary/aromatic N) is 1. The van der Waals surface area contributed by atoms with Crippen molar-refractivity contribution in [2.45, 2.75) is 27.2 Å². The van der Waals surface area contributed by atoms with Crippen LogP contribution in [-0.4, -0.2) is 37.6 Å². The molecule has 1 aliphatic heterocycles. The van der Waals surface area contributed by atoms with Crippen molar-refractivity contribution in [2.75, 3.05) is 32.7 Å². The summed E-state index contributed by atoms with van der Waals surface area (Å²) in [5, 5.41) is 3.40. The van der Waals surface area contributed by atoms with Crippen LogP contribution in [0, 0.1) is 20.8 Å². The first-order valence-corrected chi connectivity index (χ1v) is 6.66. The van der Waals surface area contributed by atoms with Crippen LogP contribution in [0.3, 0.4) is 0 Å². The minimum atomic E-state index is 1.14. The molecule has 0 radical (unpaired) electrons. The first kappa shape index (κ1) is 12.6. The topological polar surface area (TPSA) is 15.3 Å². The van der Waals surface area contributed by atoms with Gasteiger partial charge in [-0.3, -0.25) is 0 Å². The fraction of sp³-hybridized carbons (Fsp3) is 0.600. The quantitative estimate of drug-likeness (QED) is 0.858. The van der Waals surface area contributed by atoms with Crippen molar-refractivity contribution in [3.05, 3.63) is 34.4 Å². The van der Waals surface area contributed by atoms with Gasteiger partial charge in [-0.15, -0.1) is 0 Å². The lowest BCUT2D eigenvalue weighted by atomic mass is 9.99. The predicted octanol–water partition coefficient (Wildman–Crippen LogP) is 2.06. The normalized spacial score (nSPS) is 17.4. The third-order valence-electron chi connectivity index (χ3n) is 3.91. The summed E-state index contributed by atoms with van der Waals surface area (Å²) in [7, 11) is 0. The van der Waals surface area contributed by atoms with Gasteiger partial charge in [0, 0.05) is 32.7 Å². The van der Waals surface area contributed by atoms with Crippen LogP contribution < -0.4 is 5.32 Å². The summed E-state index contributed by atoms with van der Waals surface area (Å²) in [4.78, 5) is 2.56. The van der Waals surface area contributed by atoms with E-state index >= 15 is 0 Å². The van der Waals surface area contributed by atoms with E-state index in [1.165, 1.54) is 48.3 Å². The number of aryl methyl sites for hydroxylation is 2. The molecule has 0 bridgehead atoms. The van der Waals surface area contributed by atoms with Crippen LogP contribution in [0.1, 0.15) is 22.3 Å². The molecule has 1 saturated heterocycles. The van der Waals surface area contributed by atoms with Crippen LogP contribution in [0.15, 0.2) is 12.1 Å². The Hall–Kier alpha value is -0.860. The van der Waals surface area contributed by atoms with Crippen molar-refractivity contribution in [3.8, 4) is 0 Å². The molecular weight excluding hydrogens is 208 g/mol. The van der Waals surface area contributed by atoms with Gasteiger partial charge in [0.25, 0.3) is 0 Å². The monoisotopic (exact) mass is 232 g/mol. The molecule has 0 aliphatic carbocycles. The fourth-order valence-corrected chi connectivity index (χ4v) is 2.49. The SMILES string of the molecule is Cc1cc(CCN2CCNCC2)cc(C)c1C. The number of rotatable bonds is 3. The molecule has 1 fully saturated rings. The third kappa shape index (κ3) is 3.30. The summed E-state index contributed by atoms with van der Waals surface area (Å²) >= 11 is 0. The van der Waals surface area contributed by atoms with Crippen molar-refractivity contribution in [3.63, 3.8) is 0 Å². The van der Waals surface area contributed by atoms with E-state index in [1.807, 2.05) is 0 Å². The number of piperazine rings is 1. The molecule has 1 aliphatic rings. The van der Waals surface area contributed by atoms with Crippen molar-refractivity contribution >= 4 is 0 Å². The summed E-state index contributed by atoms with van der Waals surface area (Å²) in [5.41, 5.74) is 5.79. The first-order chi connectivity index (χ1) is 8.16. The molecule has 1 N–H and O–H groups in total. The molecule has 0 atom stereocenters. The lowest BCUT2D eigenvalue weighted by molar-refractivity contribution is 0.244. The van der Waals surface area contributed by atoms with Gasteiger partial charge < -0.3 is 10.2 Å². The maximum Gasteiger partial charge on any atom is 0.0108 e. The smallest absolute Gasteiger partial charge is 0.0108 e. The van der Waals surface area contributed by atoms with Gasteiger partial charge in [-0.25, -0.2) is 0 Å². The molecule has 0 amide bonds. The Morgan fingerprint density at radius 1 is 1.06 bits per heavy atom. The maximum atomic E-state index is 3.40. The van der Waals surface area contributed by atoms with Crippen LogP contribution in [0.4, 0.5) is 0 Å². The maximum absolute atomic E-state index is 3.40. The Kier molecular flexibility index (Phi) is 4.19. The van der Waals surface area contributed by atoms with E-state index in [1.54, 1.807) is 0 Å². The molecule has 1 heterocycles. The second-order valence-electron chi connectivity index (χ2n) is 5.20. The molecule has 2 nitrogen and oxygen atoms in total. The Bertz CT molecular complexity index is 356. The summed E-state index contributed by atoms with van der Waals surface area (Å²) in [6.45, 7) is 12.5. The molecule has 0 spiro atoms. The van der Waals surface area contributed by atoms with E-state index in [-0.39, 0.29) is 0 Å². The highest BCUT2D eigenvalue weighted by molar-refractivity contribution is 5.36. The van der Waals surface area contributed by atoms with Gasteiger partial charge in [0.15, 0.2) is 0 Å². The van der Waals surface area contributed by atoms with Crippen LogP contribution in [0.2, 0.25) is 0 Å². The molecule has 2 rings (SSSR count). The zero-order chi connectivity index (χ0) is 12.3. The van der Waals surface area contributed by atoms with Crippen molar-refractivity contribution in [2.24, 2.45) is 0 Å². The van der Waals surface area contributed by atoms with E-state index in [0.717, 1.165) is 13.1 Å². The highest BCUT2D eigenvalue weighted by atomic mass is 15.2. The van der Waals surface area contributed by atoms with Gasteiger partial charge in [-0.2, -0.15) is 0 Å². The zero-order valence-electron chi connectivity index (χ0n) is 11.3. The number of nitrogens with one attached hydrogen (secondary N) is 1. The Balaban J connectivity index is 1.94. The first-order valence-electron chi connectivity index (χ1n) is 6.66. The van der Waals surface area contributed by atoms with Gasteiger partial charge in [0.2, 0.25) is 0 Å². The molecular formula is C15H24N2. The summed E-state index contributed by atoms with van der Waals surface area (Å²) in [6, 6.07) is 4.70. The largest absolute Gasteiger partial charge is 0.314 e. The highest BCUT2D eigenvalue weighted by Crippen LogP contribution is 2.16. The van der Waals surface area contributed by atoms with Gasteiger partial charge in [-0.05, 0) is 49.4 Å². The molecule has 0 aromatic heterocycles. The Morgan fingerprint density at radius 2 is 1.65 bits per heavy atom. The lowest BCUT2D eigenvalue weighted by Crippen LogP contribution is -2.44. The standard InChI is InChI=1S/C15H24N2/c1-12-10-15(11-13(2)14(12)3)4-7-17-8-5-16-6-9-17/h10-11,16H,4-9H2,1-3H3. The van der Waals surface area contributed by atoms with Gasteiger partial charge in [-0.1, -0.05) is 12.1 Å². The molecule has 0 unspecified atom stereocenters. The Labute approximate surface area is 105 Å². The van der Waals surface area contributed by atoms with Gasteiger partial charge in [0.05, 0.1) is 0 Å². The van der Waals surface area contributed by atoms with E-state index in [4.69, 9.17) is 0 Å². The Morgan fingerprint density at radius 3 is 2.24 bits per heavy atom. The molecule has 1 aromatic carbocycles. The average molecular weight is 232 g/mol. The van der Waals surface area contributed by atoms with Crippen molar-refractivity contribution in [1.29, 1.82) is 0 Å². The van der Waals surface area contributed by atoms with Gasteiger partial charge >= 0.3 is 0 Å². The minimum Gasteiger partial charge on any atom is -0.314 e.